The standard InChI is InChI=1S/C32H25FN2/c33-24-11-14-31-30(18-24)23(19-35-31)17-32-26(6-3-15-34-32)22-8-7-21-10-12-27-25-5-2-1-4-20(25)9-13-28(27)29(21)16-22/h1-6,10-16,18-19,22,35H,7-9,17H2. The summed E-state index contributed by atoms with van der Waals surface area (Å²) in [5, 5.41) is 3.70. The van der Waals surface area contributed by atoms with E-state index in [2.05, 4.69) is 59.6 Å². The number of H-pyrrole nitrogens is 1. The van der Waals surface area contributed by atoms with Crippen LogP contribution in [0, 0.1) is 5.82 Å². The number of benzene rings is 3. The summed E-state index contributed by atoms with van der Waals surface area (Å²) in [6, 6.07) is 22.6. The normalized spacial score (nSPS) is 16.1. The first-order valence-electron chi connectivity index (χ1n) is 12.4. The zero-order chi connectivity index (χ0) is 23.4. The third-order valence-corrected chi connectivity index (χ3v) is 7.72. The van der Waals surface area contributed by atoms with Crippen LogP contribution in [0.1, 0.15) is 40.3 Å². The Morgan fingerprint density at radius 2 is 1.86 bits per heavy atom. The van der Waals surface area contributed by atoms with Crippen molar-refractivity contribution in [1.29, 1.82) is 0 Å². The first kappa shape index (κ1) is 20.4. The molecule has 2 nitrogen and oxygen atoms in total. The molecule has 1 unspecified atom stereocenters. The maximum Gasteiger partial charge on any atom is 0.123 e. The molecule has 2 aliphatic carbocycles. The molecule has 0 bridgehead atoms. The van der Waals surface area contributed by atoms with Gasteiger partial charge in [0.2, 0.25) is 0 Å². The highest BCUT2D eigenvalue weighted by molar-refractivity contribution is 5.83. The summed E-state index contributed by atoms with van der Waals surface area (Å²) in [6.45, 7) is 0. The predicted octanol–water partition coefficient (Wildman–Crippen LogP) is 5.81. The van der Waals surface area contributed by atoms with Gasteiger partial charge in [0.1, 0.15) is 5.82 Å². The van der Waals surface area contributed by atoms with E-state index in [1.807, 2.05) is 18.5 Å². The number of fused-ring (bicyclic) bond motifs is 6. The molecule has 0 saturated heterocycles. The highest BCUT2D eigenvalue weighted by Crippen LogP contribution is 2.31. The summed E-state index contributed by atoms with van der Waals surface area (Å²) in [7, 11) is 0. The molecule has 0 amide bonds. The molecule has 35 heavy (non-hydrogen) atoms. The molecule has 1 atom stereocenters. The molecule has 3 heteroatoms. The van der Waals surface area contributed by atoms with Crippen LogP contribution < -0.4 is 10.4 Å². The van der Waals surface area contributed by atoms with Crippen LogP contribution in [0.25, 0.3) is 34.2 Å². The van der Waals surface area contributed by atoms with Gasteiger partial charge in [-0.1, -0.05) is 54.6 Å². The fourth-order valence-corrected chi connectivity index (χ4v) is 5.98. The zero-order valence-corrected chi connectivity index (χ0v) is 19.4. The van der Waals surface area contributed by atoms with Crippen molar-refractivity contribution in [1.82, 2.24) is 9.97 Å². The van der Waals surface area contributed by atoms with E-state index < -0.39 is 0 Å². The Hall–Kier alpha value is -3.98. The molecule has 2 heterocycles. The minimum absolute atomic E-state index is 0.209. The van der Waals surface area contributed by atoms with Gasteiger partial charge in [0.25, 0.3) is 0 Å². The Balaban J connectivity index is 1.32. The Bertz CT molecular complexity index is 1730. The van der Waals surface area contributed by atoms with E-state index in [-0.39, 0.29) is 5.82 Å². The molecular weight excluding hydrogens is 431 g/mol. The number of halogens is 1. The fraction of sp³-hybridized carbons (Fsp3) is 0.156. The van der Waals surface area contributed by atoms with Crippen molar-refractivity contribution in [2.24, 2.45) is 0 Å². The number of pyridine rings is 1. The van der Waals surface area contributed by atoms with Gasteiger partial charge < -0.3 is 4.98 Å². The number of hydrogen-bond acceptors (Lipinski definition) is 1. The van der Waals surface area contributed by atoms with E-state index in [0.29, 0.717) is 12.3 Å². The molecule has 0 spiro atoms. The third-order valence-electron chi connectivity index (χ3n) is 7.72. The van der Waals surface area contributed by atoms with Crippen LogP contribution in [0.15, 0.2) is 79.1 Å². The molecule has 0 aliphatic heterocycles. The minimum Gasteiger partial charge on any atom is -0.361 e. The van der Waals surface area contributed by atoms with Crippen LogP contribution in [-0.4, -0.2) is 9.97 Å². The predicted molar refractivity (Wildman–Crippen MR) is 140 cm³/mol. The number of aryl methyl sites for hydroxylation is 1. The average Bonchev–Trinajstić information content (AvgIpc) is 3.30. The van der Waals surface area contributed by atoms with Gasteiger partial charge in [-0.2, -0.15) is 0 Å². The van der Waals surface area contributed by atoms with Gasteiger partial charge >= 0.3 is 0 Å². The number of aromatic amines is 1. The molecule has 2 aliphatic rings. The van der Waals surface area contributed by atoms with E-state index in [4.69, 9.17) is 4.98 Å². The van der Waals surface area contributed by atoms with Crippen molar-refractivity contribution in [3.8, 4) is 11.1 Å². The number of hydrogen-bond donors (Lipinski definition) is 1. The molecule has 3 aromatic carbocycles. The third kappa shape index (κ3) is 3.42. The second kappa shape index (κ2) is 8.06. The maximum absolute atomic E-state index is 13.9. The molecule has 0 radical (unpaired) electrons. The van der Waals surface area contributed by atoms with Crippen molar-refractivity contribution < 1.29 is 4.39 Å². The monoisotopic (exact) mass is 456 g/mol. The van der Waals surface area contributed by atoms with E-state index in [9.17, 15) is 4.39 Å². The van der Waals surface area contributed by atoms with Crippen molar-refractivity contribution >= 4 is 23.1 Å². The number of aromatic nitrogens is 2. The summed E-state index contributed by atoms with van der Waals surface area (Å²) in [5.74, 6) is 0.102. The molecule has 1 N–H and O–H groups in total. The van der Waals surface area contributed by atoms with Crippen molar-refractivity contribution in [2.75, 3.05) is 0 Å². The maximum atomic E-state index is 13.9. The van der Waals surface area contributed by atoms with E-state index in [0.717, 1.165) is 41.4 Å². The first-order valence-corrected chi connectivity index (χ1v) is 12.4. The SMILES string of the molecule is Fc1ccc2[nH]cc(Cc3ncccc3C3C=c4c(ccc5c4=CCc4ccccc4-5)CC3)c2c1. The summed E-state index contributed by atoms with van der Waals surface area (Å²) < 4.78 is 13.9. The highest BCUT2D eigenvalue weighted by atomic mass is 19.1. The minimum atomic E-state index is -0.209. The van der Waals surface area contributed by atoms with Crippen LogP contribution in [0.3, 0.4) is 0 Å². The molecule has 5 aromatic rings. The summed E-state index contributed by atoms with van der Waals surface area (Å²) in [5.41, 5.74) is 9.92. The average molecular weight is 457 g/mol. The second-order valence-electron chi connectivity index (χ2n) is 9.70. The Morgan fingerprint density at radius 3 is 2.83 bits per heavy atom. The molecule has 0 fully saturated rings. The van der Waals surface area contributed by atoms with Gasteiger partial charge in [0.15, 0.2) is 0 Å². The van der Waals surface area contributed by atoms with E-state index >= 15 is 0 Å². The second-order valence-corrected chi connectivity index (χ2v) is 9.70. The van der Waals surface area contributed by atoms with Crippen LogP contribution in [0.2, 0.25) is 0 Å². The van der Waals surface area contributed by atoms with Crippen LogP contribution in [0.4, 0.5) is 4.39 Å². The van der Waals surface area contributed by atoms with Gasteiger partial charge in [-0.3, -0.25) is 4.98 Å². The Labute approximate surface area is 203 Å². The molecule has 7 rings (SSSR count). The van der Waals surface area contributed by atoms with Crippen molar-refractivity contribution in [2.45, 2.75) is 31.6 Å². The van der Waals surface area contributed by atoms with E-state index in [1.165, 1.54) is 44.3 Å². The summed E-state index contributed by atoms with van der Waals surface area (Å²) in [4.78, 5) is 8.08. The highest BCUT2D eigenvalue weighted by Gasteiger charge is 2.21. The molecule has 2 aromatic heterocycles. The lowest BCUT2D eigenvalue weighted by Gasteiger charge is -2.23. The Morgan fingerprint density at radius 1 is 0.914 bits per heavy atom. The Kier molecular flexibility index (Phi) is 4.70. The topological polar surface area (TPSA) is 28.7 Å². The van der Waals surface area contributed by atoms with Gasteiger partial charge in [-0.15, -0.1) is 0 Å². The van der Waals surface area contributed by atoms with Gasteiger partial charge in [0, 0.05) is 41.3 Å². The fourth-order valence-electron chi connectivity index (χ4n) is 5.98. The number of nitrogens with one attached hydrogen (secondary N) is 1. The molecule has 170 valence electrons. The van der Waals surface area contributed by atoms with Crippen molar-refractivity contribution in [3.05, 3.63) is 123 Å². The lowest BCUT2D eigenvalue weighted by molar-refractivity contribution is 0.629. The summed E-state index contributed by atoms with van der Waals surface area (Å²) >= 11 is 0. The van der Waals surface area contributed by atoms with Crippen LogP contribution in [-0.2, 0) is 19.3 Å². The molecule has 0 saturated carbocycles. The number of nitrogens with zero attached hydrogens (tertiary/aromatic N) is 1. The van der Waals surface area contributed by atoms with Gasteiger partial charge in [-0.25, -0.2) is 4.39 Å². The van der Waals surface area contributed by atoms with Gasteiger partial charge in [-0.05, 0) is 87.3 Å². The van der Waals surface area contributed by atoms with E-state index in [1.54, 1.807) is 12.1 Å². The largest absolute Gasteiger partial charge is 0.361 e. The quantitative estimate of drug-likeness (QED) is 0.365. The van der Waals surface area contributed by atoms with Crippen LogP contribution in [0.5, 0.6) is 0 Å². The van der Waals surface area contributed by atoms with Crippen molar-refractivity contribution in [3.63, 3.8) is 0 Å². The lowest BCUT2D eigenvalue weighted by Crippen LogP contribution is -2.35. The van der Waals surface area contributed by atoms with Gasteiger partial charge in [0.05, 0.1) is 0 Å². The summed E-state index contributed by atoms with van der Waals surface area (Å²) in [6.07, 6.45) is 12.5. The molecular formula is C32H25FN2. The smallest absolute Gasteiger partial charge is 0.123 e. The zero-order valence-electron chi connectivity index (χ0n) is 19.4. The van der Waals surface area contributed by atoms with Crippen LogP contribution >= 0.6 is 0 Å². The first-order chi connectivity index (χ1) is 17.2. The lowest BCUT2D eigenvalue weighted by atomic mass is 9.81. The number of rotatable bonds is 3.